The smallest absolute Gasteiger partial charge is 0.404 e. The topological polar surface area (TPSA) is 87.9 Å². The van der Waals surface area contributed by atoms with E-state index in [1.165, 1.54) is 38.3 Å². The zero-order chi connectivity index (χ0) is 12.8. The first-order valence-corrected chi connectivity index (χ1v) is 4.68. The lowest BCUT2D eigenvalue weighted by Crippen LogP contribution is -2.19. The van der Waals surface area contributed by atoms with Crippen molar-refractivity contribution >= 4 is 11.8 Å². The third-order valence-corrected chi connectivity index (χ3v) is 1.84. The molecule has 0 amide bonds. The van der Waals surface area contributed by atoms with Crippen molar-refractivity contribution in [2.24, 2.45) is 0 Å². The second kappa shape index (κ2) is 5.80. The van der Waals surface area contributed by atoms with Crippen LogP contribution in [0.5, 0.6) is 5.75 Å². The molecule has 0 heterocycles. The van der Waals surface area contributed by atoms with Crippen LogP contribution >= 0.6 is 0 Å². The number of rotatable bonds is 4. The van der Waals surface area contributed by atoms with Gasteiger partial charge in [-0.15, -0.1) is 0 Å². The van der Waals surface area contributed by atoms with Crippen LogP contribution in [0.3, 0.4) is 0 Å². The Bertz CT molecular complexity index is 402. The first-order valence-electron chi connectivity index (χ1n) is 4.68. The number of nitrogens with zero attached hydrogens (tertiary/aromatic N) is 1. The molecule has 1 unspecified atom stereocenters. The number of hydrogen-bond acceptors (Lipinski definition) is 6. The fourth-order valence-electron chi connectivity index (χ4n) is 0.940. The number of carbonyl (C=O) groups is 1. The van der Waals surface area contributed by atoms with Gasteiger partial charge in [-0.1, -0.05) is 0 Å². The van der Waals surface area contributed by atoms with Crippen molar-refractivity contribution in [1.82, 2.24) is 0 Å². The molecule has 0 aliphatic carbocycles. The number of non-ortho nitro benzene ring substituents is 1. The fourth-order valence-corrected chi connectivity index (χ4v) is 0.940. The predicted octanol–water partition coefficient (Wildman–Crippen LogP) is 2.10. The van der Waals surface area contributed by atoms with E-state index >= 15 is 0 Å². The summed E-state index contributed by atoms with van der Waals surface area (Å²) in [6, 6.07) is 5.05. The zero-order valence-corrected chi connectivity index (χ0v) is 9.28. The second-order valence-corrected chi connectivity index (χ2v) is 3.02. The van der Waals surface area contributed by atoms with Crippen molar-refractivity contribution in [3.8, 4) is 5.75 Å². The van der Waals surface area contributed by atoms with Gasteiger partial charge >= 0.3 is 6.16 Å². The van der Waals surface area contributed by atoms with Crippen LogP contribution in [0, 0.1) is 10.1 Å². The van der Waals surface area contributed by atoms with Crippen molar-refractivity contribution in [2.75, 3.05) is 7.11 Å². The summed E-state index contributed by atoms with van der Waals surface area (Å²) in [6.45, 7) is 1.52. The highest BCUT2D eigenvalue weighted by Gasteiger charge is 2.11. The highest BCUT2D eigenvalue weighted by molar-refractivity contribution is 5.64. The molecule has 1 rings (SSSR count). The van der Waals surface area contributed by atoms with Crippen LogP contribution in [0.1, 0.15) is 6.92 Å². The highest BCUT2D eigenvalue weighted by Crippen LogP contribution is 2.17. The molecule has 17 heavy (non-hydrogen) atoms. The summed E-state index contributed by atoms with van der Waals surface area (Å²) in [4.78, 5) is 21.0. The van der Waals surface area contributed by atoms with Crippen molar-refractivity contribution < 1.29 is 23.9 Å². The predicted molar refractivity (Wildman–Crippen MR) is 56.7 cm³/mol. The van der Waals surface area contributed by atoms with Gasteiger partial charge in [-0.05, 0) is 19.1 Å². The first kappa shape index (κ1) is 12.9. The zero-order valence-electron chi connectivity index (χ0n) is 9.28. The Balaban J connectivity index is 2.57. The summed E-state index contributed by atoms with van der Waals surface area (Å²) in [5, 5.41) is 10.4. The molecule has 0 radical (unpaired) electrons. The Morgan fingerprint density at radius 2 is 1.94 bits per heavy atom. The summed E-state index contributed by atoms with van der Waals surface area (Å²) in [7, 11) is 1.38. The molecule has 0 aromatic heterocycles. The van der Waals surface area contributed by atoms with Gasteiger partial charge in [0, 0.05) is 19.2 Å². The minimum atomic E-state index is -0.937. The Kier molecular flexibility index (Phi) is 4.41. The number of hydrogen-bond donors (Lipinski definition) is 0. The molecular formula is C10H11NO6. The maximum atomic E-state index is 11.1. The molecule has 0 fully saturated rings. The molecule has 0 saturated carbocycles. The Morgan fingerprint density at radius 3 is 2.41 bits per heavy atom. The van der Waals surface area contributed by atoms with Crippen LogP contribution in [0.15, 0.2) is 24.3 Å². The van der Waals surface area contributed by atoms with Crippen molar-refractivity contribution in [3.63, 3.8) is 0 Å². The molecular weight excluding hydrogens is 230 g/mol. The van der Waals surface area contributed by atoms with Gasteiger partial charge in [-0.2, -0.15) is 0 Å². The molecule has 1 atom stereocenters. The lowest BCUT2D eigenvalue weighted by atomic mass is 10.3. The molecule has 1 aromatic rings. The minimum absolute atomic E-state index is 0.0871. The molecule has 0 spiro atoms. The average Bonchev–Trinajstić information content (AvgIpc) is 2.29. The number of nitro groups is 1. The van der Waals surface area contributed by atoms with Gasteiger partial charge in [0.1, 0.15) is 5.75 Å². The van der Waals surface area contributed by atoms with Gasteiger partial charge in [0.15, 0.2) is 0 Å². The van der Waals surface area contributed by atoms with Crippen LogP contribution < -0.4 is 4.74 Å². The summed E-state index contributed by atoms with van der Waals surface area (Å²) < 4.78 is 14.1. The Labute approximate surface area is 97.0 Å². The minimum Gasteiger partial charge on any atom is -0.404 e. The van der Waals surface area contributed by atoms with E-state index in [9.17, 15) is 14.9 Å². The van der Waals surface area contributed by atoms with Crippen LogP contribution in [-0.4, -0.2) is 24.5 Å². The number of benzene rings is 1. The Hall–Kier alpha value is -2.15. The maximum Gasteiger partial charge on any atom is 0.516 e. The van der Waals surface area contributed by atoms with E-state index in [0.29, 0.717) is 0 Å². The standard InChI is InChI=1S/C10H11NO6/c1-7(15-2)16-10(12)17-9-5-3-8(4-6-9)11(13)14/h3-7H,1-2H3. The van der Waals surface area contributed by atoms with E-state index < -0.39 is 17.4 Å². The van der Waals surface area contributed by atoms with Gasteiger partial charge in [0.2, 0.25) is 6.29 Å². The molecule has 0 aliphatic rings. The van der Waals surface area contributed by atoms with Crippen LogP contribution in [0.2, 0.25) is 0 Å². The Morgan fingerprint density at radius 1 is 1.35 bits per heavy atom. The number of carbonyl (C=O) groups excluding carboxylic acids is 1. The molecule has 7 nitrogen and oxygen atoms in total. The third-order valence-electron chi connectivity index (χ3n) is 1.84. The van der Waals surface area contributed by atoms with Crippen molar-refractivity contribution in [1.29, 1.82) is 0 Å². The van der Waals surface area contributed by atoms with Gasteiger partial charge in [0.05, 0.1) is 4.92 Å². The van der Waals surface area contributed by atoms with Crippen LogP contribution in [0.4, 0.5) is 10.5 Å². The molecule has 0 N–H and O–H groups in total. The van der Waals surface area contributed by atoms with E-state index in [1.807, 2.05) is 0 Å². The fraction of sp³-hybridized carbons (Fsp3) is 0.300. The number of methoxy groups -OCH3 is 1. The van der Waals surface area contributed by atoms with E-state index in [2.05, 4.69) is 4.74 Å². The maximum absolute atomic E-state index is 11.1. The van der Waals surface area contributed by atoms with Gasteiger partial charge in [0.25, 0.3) is 5.69 Å². The van der Waals surface area contributed by atoms with Crippen LogP contribution in [0.25, 0.3) is 0 Å². The van der Waals surface area contributed by atoms with Crippen molar-refractivity contribution in [3.05, 3.63) is 34.4 Å². The molecule has 92 valence electrons. The monoisotopic (exact) mass is 241 g/mol. The lowest BCUT2D eigenvalue weighted by Gasteiger charge is -2.10. The summed E-state index contributed by atoms with van der Waals surface area (Å²) >= 11 is 0. The summed E-state index contributed by atoms with van der Waals surface area (Å²) in [5.41, 5.74) is -0.0871. The SMILES string of the molecule is COC(C)OC(=O)Oc1ccc([N+](=O)[O-])cc1. The second-order valence-electron chi connectivity index (χ2n) is 3.02. The molecule has 0 bridgehead atoms. The number of ether oxygens (including phenoxy) is 3. The lowest BCUT2D eigenvalue weighted by molar-refractivity contribution is -0.384. The van der Waals surface area contributed by atoms with Gasteiger partial charge in [-0.25, -0.2) is 4.79 Å². The summed E-state index contributed by atoms with van der Waals surface area (Å²) in [5.74, 6) is 0.156. The van der Waals surface area contributed by atoms with Crippen LogP contribution in [-0.2, 0) is 9.47 Å². The molecule has 0 saturated heterocycles. The molecule has 7 heteroatoms. The van der Waals surface area contributed by atoms with E-state index in [-0.39, 0.29) is 11.4 Å². The molecule has 0 aliphatic heterocycles. The third kappa shape index (κ3) is 4.07. The normalized spacial score (nSPS) is 11.6. The first-order chi connectivity index (χ1) is 8.02. The van der Waals surface area contributed by atoms with E-state index in [4.69, 9.17) is 9.47 Å². The largest absolute Gasteiger partial charge is 0.516 e. The summed E-state index contributed by atoms with van der Waals surface area (Å²) in [6.07, 6.45) is -1.66. The average molecular weight is 241 g/mol. The quantitative estimate of drug-likeness (QED) is 0.264. The van der Waals surface area contributed by atoms with Crippen molar-refractivity contribution in [2.45, 2.75) is 13.2 Å². The van der Waals surface area contributed by atoms with Gasteiger partial charge in [-0.3, -0.25) is 10.1 Å². The van der Waals surface area contributed by atoms with E-state index in [1.54, 1.807) is 0 Å². The molecule has 1 aromatic carbocycles. The highest BCUT2D eigenvalue weighted by atomic mass is 16.8. The van der Waals surface area contributed by atoms with E-state index in [0.717, 1.165) is 0 Å². The van der Waals surface area contributed by atoms with Gasteiger partial charge < -0.3 is 14.2 Å². The number of nitro benzene ring substituents is 1.